The minimum Gasteiger partial charge on any atom is -0.493 e. The summed E-state index contributed by atoms with van der Waals surface area (Å²) < 4.78 is 5.44. The third-order valence-electron chi connectivity index (χ3n) is 3.41. The van der Waals surface area contributed by atoms with Crippen molar-refractivity contribution >= 4 is 23.1 Å². The summed E-state index contributed by atoms with van der Waals surface area (Å²) in [6, 6.07) is 5.57. The Labute approximate surface area is 118 Å². The quantitative estimate of drug-likeness (QED) is 0.853. The van der Waals surface area contributed by atoms with Crippen LogP contribution >= 0.6 is 12.2 Å². The monoisotopic (exact) mass is 278 g/mol. The molecule has 0 aliphatic carbocycles. The molecule has 0 spiro atoms. The Morgan fingerprint density at radius 3 is 3.00 bits per heavy atom. The fourth-order valence-electron chi connectivity index (χ4n) is 2.15. The second-order valence-electron chi connectivity index (χ2n) is 4.86. The number of carbonyl (C=O) groups excluding carboxylic acids is 1. The number of rotatable bonds is 4. The van der Waals surface area contributed by atoms with Gasteiger partial charge < -0.3 is 15.4 Å². The predicted octanol–water partition coefficient (Wildman–Crippen LogP) is 1.76. The minimum absolute atomic E-state index is 0.00509. The van der Waals surface area contributed by atoms with Crippen LogP contribution in [0.3, 0.4) is 0 Å². The molecule has 5 heteroatoms. The van der Waals surface area contributed by atoms with Gasteiger partial charge in [-0.25, -0.2) is 0 Å². The lowest BCUT2D eigenvalue weighted by molar-refractivity contribution is 0.0748. The Balaban J connectivity index is 2.13. The van der Waals surface area contributed by atoms with Crippen LogP contribution in [0.4, 0.5) is 0 Å². The highest BCUT2D eigenvalue weighted by molar-refractivity contribution is 7.80. The number of nitrogens with zero attached hydrogens (tertiary/aromatic N) is 1. The summed E-state index contributed by atoms with van der Waals surface area (Å²) in [4.78, 5) is 14.5. The van der Waals surface area contributed by atoms with Gasteiger partial charge in [0.05, 0.1) is 11.6 Å². The first-order chi connectivity index (χ1) is 8.99. The van der Waals surface area contributed by atoms with Crippen LogP contribution in [0, 0.1) is 0 Å². The van der Waals surface area contributed by atoms with E-state index in [1.54, 1.807) is 18.0 Å². The summed E-state index contributed by atoms with van der Waals surface area (Å²) in [6.45, 7) is 2.63. The lowest BCUT2D eigenvalue weighted by atomic mass is 10.1. The van der Waals surface area contributed by atoms with Crippen LogP contribution in [-0.4, -0.2) is 35.5 Å². The molecule has 1 aromatic carbocycles. The molecule has 1 unspecified atom stereocenters. The van der Waals surface area contributed by atoms with E-state index in [1.165, 1.54) is 0 Å². The van der Waals surface area contributed by atoms with E-state index in [1.807, 2.05) is 19.1 Å². The Morgan fingerprint density at radius 1 is 1.58 bits per heavy atom. The van der Waals surface area contributed by atoms with Crippen LogP contribution in [0.15, 0.2) is 18.2 Å². The summed E-state index contributed by atoms with van der Waals surface area (Å²) in [5, 5.41) is 0. The molecule has 19 heavy (non-hydrogen) atoms. The SMILES string of the molecule is CC(CC(N)=S)N(C)C(=O)c1ccc2c(c1)CCO2. The van der Waals surface area contributed by atoms with Crippen molar-refractivity contribution in [1.82, 2.24) is 4.90 Å². The topological polar surface area (TPSA) is 55.6 Å². The summed E-state index contributed by atoms with van der Waals surface area (Å²) in [5.41, 5.74) is 7.30. The molecule has 0 aromatic heterocycles. The Kier molecular flexibility index (Phi) is 4.04. The molecule has 102 valence electrons. The molecule has 0 radical (unpaired) electrons. The molecule has 1 aromatic rings. The number of hydrogen-bond donors (Lipinski definition) is 1. The van der Waals surface area contributed by atoms with Gasteiger partial charge in [0.1, 0.15) is 5.75 Å². The number of amides is 1. The average Bonchev–Trinajstić information content (AvgIpc) is 2.83. The maximum Gasteiger partial charge on any atom is 0.253 e. The molecule has 1 aliphatic rings. The second kappa shape index (κ2) is 5.57. The van der Waals surface area contributed by atoms with Gasteiger partial charge in [-0.05, 0) is 30.7 Å². The van der Waals surface area contributed by atoms with E-state index in [2.05, 4.69) is 0 Å². The average molecular weight is 278 g/mol. The minimum atomic E-state index is -0.0153. The highest BCUT2D eigenvalue weighted by Gasteiger charge is 2.20. The Bertz CT molecular complexity index is 516. The highest BCUT2D eigenvalue weighted by Crippen LogP contribution is 2.26. The smallest absolute Gasteiger partial charge is 0.253 e. The van der Waals surface area contributed by atoms with E-state index < -0.39 is 0 Å². The van der Waals surface area contributed by atoms with Gasteiger partial charge in [-0.2, -0.15) is 0 Å². The van der Waals surface area contributed by atoms with Crippen molar-refractivity contribution in [2.45, 2.75) is 25.8 Å². The van der Waals surface area contributed by atoms with Crippen LogP contribution in [0.5, 0.6) is 5.75 Å². The van der Waals surface area contributed by atoms with Crippen LogP contribution in [0.2, 0.25) is 0 Å². The number of hydrogen-bond acceptors (Lipinski definition) is 3. The number of carbonyl (C=O) groups is 1. The van der Waals surface area contributed by atoms with Gasteiger partial charge in [-0.1, -0.05) is 12.2 Å². The molecule has 0 fully saturated rings. The molecule has 2 N–H and O–H groups in total. The van der Waals surface area contributed by atoms with Crippen LogP contribution in [0.25, 0.3) is 0 Å². The molecular formula is C14H18N2O2S. The van der Waals surface area contributed by atoms with Gasteiger partial charge >= 0.3 is 0 Å². The largest absolute Gasteiger partial charge is 0.493 e. The molecule has 1 amide bonds. The lowest BCUT2D eigenvalue weighted by Crippen LogP contribution is -2.37. The Hall–Kier alpha value is -1.62. The predicted molar refractivity (Wildman–Crippen MR) is 78.6 cm³/mol. The zero-order chi connectivity index (χ0) is 14.0. The molecule has 0 saturated carbocycles. The second-order valence-corrected chi connectivity index (χ2v) is 5.38. The number of ether oxygens (including phenoxy) is 1. The highest BCUT2D eigenvalue weighted by atomic mass is 32.1. The van der Waals surface area contributed by atoms with Gasteiger partial charge in [-0.15, -0.1) is 0 Å². The van der Waals surface area contributed by atoms with Crippen LogP contribution in [0.1, 0.15) is 29.3 Å². The van der Waals surface area contributed by atoms with E-state index >= 15 is 0 Å². The molecule has 1 aliphatic heterocycles. The number of benzene rings is 1. The molecule has 4 nitrogen and oxygen atoms in total. The van der Waals surface area contributed by atoms with E-state index in [0.717, 1.165) is 17.7 Å². The Morgan fingerprint density at radius 2 is 2.32 bits per heavy atom. The van der Waals surface area contributed by atoms with Crippen molar-refractivity contribution in [3.8, 4) is 5.75 Å². The lowest BCUT2D eigenvalue weighted by Gasteiger charge is -2.24. The molecule has 2 rings (SSSR count). The van der Waals surface area contributed by atoms with Crippen LogP contribution < -0.4 is 10.5 Å². The van der Waals surface area contributed by atoms with E-state index in [0.29, 0.717) is 23.6 Å². The standard InChI is InChI=1S/C14H18N2O2S/c1-9(7-13(15)19)16(2)14(17)11-3-4-12-10(8-11)5-6-18-12/h3-4,8-9H,5-7H2,1-2H3,(H2,15,19). The van der Waals surface area contributed by atoms with E-state index in [9.17, 15) is 4.79 Å². The molecule has 1 atom stereocenters. The summed E-state index contributed by atoms with van der Waals surface area (Å²) in [5.74, 6) is 0.869. The van der Waals surface area contributed by atoms with Crippen molar-refractivity contribution in [2.75, 3.05) is 13.7 Å². The maximum atomic E-state index is 12.4. The van der Waals surface area contributed by atoms with Gasteiger partial charge in [0, 0.05) is 31.5 Å². The first-order valence-electron chi connectivity index (χ1n) is 6.30. The number of thiocarbonyl (C=S) groups is 1. The molecular weight excluding hydrogens is 260 g/mol. The van der Waals surface area contributed by atoms with E-state index in [-0.39, 0.29) is 11.9 Å². The van der Waals surface area contributed by atoms with Crippen LogP contribution in [-0.2, 0) is 6.42 Å². The first kappa shape index (κ1) is 13.8. The summed E-state index contributed by atoms with van der Waals surface area (Å²) >= 11 is 4.88. The van der Waals surface area contributed by atoms with Crippen molar-refractivity contribution in [2.24, 2.45) is 5.73 Å². The van der Waals surface area contributed by atoms with Gasteiger partial charge in [0.2, 0.25) is 0 Å². The summed E-state index contributed by atoms with van der Waals surface area (Å²) in [6.07, 6.45) is 1.40. The summed E-state index contributed by atoms with van der Waals surface area (Å²) in [7, 11) is 1.77. The molecule has 0 saturated heterocycles. The number of nitrogens with two attached hydrogens (primary N) is 1. The third kappa shape index (κ3) is 3.04. The van der Waals surface area contributed by atoms with Gasteiger partial charge in [0.15, 0.2) is 0 Å². The van der Waals surface area contributed by atoms with E-state index in [4.69, 9.17) is 22.7 Å². The fourth-order valence-corrected chi connectivity index (χ4v) is 2.39. The third-order valence-corrected chi connectivity index (χ3v) is 3.58. The zero-order valence-electron chi connectivity index (χ0n) is 11.2. The maximum absolute atomic E-state index is 12.4. The van der Waals surface area contributed by atoms with Gasteiger partial charge in [0.25, 0.3) is 5.91 Å². The van der Waals surface area contributed by atoms with Crippen molar-refractivity contribution in [3.05, 3.63) is 29.3 Å². The van der Waals surface area contributed by atoms with Crippen molar-refractivity contribution in [3.63, 3.8) is 0 Å². The number of fused-ring (bicyclic) bond motifs is 1. The fraction of sp³-hybridized carbons (Fsp3) is 0.429. The molecule has 1 heterocycles. The molecule has 0 bridgehead atoms. The first-order valence-corrected chi connectivity index (χ1v) is 6.71. The van der Waals surface area contributed by atoms with Crippen molar-refractivity contribution in [1.29, 1.82) is 0 Å². The zero-order valence-corrected chi connectivity index (χ0v) is 12.0. The van der Waals surface area contributed by atoms with Crippen molar-refractivity contribution < 1.29 is 9.53 Å². The normalized spacial score (nSPS) is 14.4. The van der Waals surface area contributed by atoms with Gasteiger partial charge in [-0.3, -0.25) is 4.79 Å².